The van der Waals surface area contributed by atoms with Crippen molar-refractivity contribution in [2.24, 2.45) is 0 Å². The molecule has 10 rings (SSSR count). The van der Waals surface area contributed by atoms with E-state index in [-0.39, 0.29) is 0 Å². The van der Waals surface area contributed by atoms with Crippen molar-refractivity contribution in [1.29, 1.82) is 0 Å². The van der Waals surface area contributed by atoms with Crippen molar-refractivity contribution in [3.05, 3.63) is 149 Å². The average Bonchev–Trinajstić information content (AvgIpc) is 3.78. The van der Waals surface area contributed by atoms with Crippen LogP contribution in [0.3, 0.4) is 0 Å². The summed E-state index contributed by atoms with van der Waals surface area (Å²) in [4.78, 5) is 0. The summed E-state index contributed by atoms with van der Waals surface area (Å²) in [6, 6.07) is 49.5. The molecule has 0 N–H and O–H groups in total. The predicted molar refractivity (Wildman–Crippen MR) is 205 cm³/mol. The van der Waals surface area contributed by atoms with Crippen LogP contribution in [0.4, 0.5) is 0 Å². The second kappa shape index (κ2) is 10.3. The smallest absolute Gasteiger partial charge is 0.143 e. The summed E-state index contributed by atoms with van der Waals surface area (Å²) in [6.45, 7) is 0. The highest BCUT2D eigenvalue weighted by atomic mass is 79.9. The van der Waals surface area contributed by atoms with Gasteiger partial charge in [-0.2, -0.15) is 0 Å². The van der Waals surface area contributed by atoms with Gasteiger partial charge in [0.25, 0.3) is 0 Å². The van der Waals surface area contributed by atoms with E-state index in [4.69, 9.17) is 16.0 Å². The highest BCUT2D eigenvalue weighted by Gasteiger charge is 2.20. The number of fused-ring (bicyclic) bond motifs is 9. The minimum atomic E-state index is 0.718. The number of rotatable bonds is 3. The molecule has 2 nitrogen and oxygen atoms in total. The number of furan rings is 1. The molecular formula is C42H23BrClNOS. The van der Waals surface area contributed by atoms with Crippen LogP contribution in [0.15, 0.2) is 148 Å². The van der Waals surface area contributed by atoms with Crippen LogP contribution in [-0.2, 0) is 0 Å². The van der Waals surface area contributed by atoms with Crippen LogP contribution in [0.25, 0.3) is 91.9 Å². The zero-order chi connectivity index (χ0) is 31.2. The van der Waals surface area contributed by atoms with Gasteiger partial charge < -0.3 is 8.98 Å². The summed E-state index contributed by atoms with van der Waals surface area (Å²) in [5.41, 5.74) is 9.71. The van der Waals surface area contributed by atoms with Crippen molar-refractivity contribution >= 4 is 103 Å². The Bertz CT molecular complexity index is 2820. The third-order valence-electron chi connectivity index (χ3n) is 9.36. The molecule has 0 spiro atoms. The standard InChI is InChI=1S/C42H23BrClNOS/c43-25-17-22-38-34(23-25)30-10-6-12-33(40(30)46-38)39-35(44)21-20-32-31-11-5-9-27(41(31)47-42(32)39)24-15-18-26(19-16-24)45-36-13-3-1-7-28(36)29-8-2-4-14-37(29)45/h1-23H. The van der Waals surface area contributed by atoms with Crippen LogP contribution < -0.4 is 0 Å². The van der Waals surface area contributed by atoms with Gasteiger partial charge in [0.05, 0.1) is 11.0 Å². The van der Waals surface area contributed by atoms with Crippen LogP contribution >= 0.6 is 38.9 Å². The number of halogens is 2. The summed E-state index contributed by atoms with van der Waals surface area (Å²) in [7, 11) is 0. The monoisotopic (exact) mass is 703 g/mol. The Morgan fingerprint density at radius 2 is 1.21 bits per heavy atom. The van der Waals surface area contributed by atoms with Crippen molar-refractivity contribution in [2.45, 2.75) is 0 Å². The molecule has 0 saturated heterocycles. The minimum absolute atomic E-state index is 0.718. The van der Waals surface area contributed by atoms with Crippen LogP contribution in [-0.4, -0.2) is 4.57 Å². The van der Waals surface area contributed by atoms with E-state index in [9.17, 15) is 0 Å². The maximum Gasteiger partial charge on any atom is 0.143 e. The van der Waals surface area contributed by atoms with Gasteiger partial charge in [0.1, 0.15) is 11.2 Å². The molecule has 3 heterocycles. The lowest BCUT2D eigenvalue weighted by molar-refractivity contribution is 0.670. The molecule has 0 radical (unpaired) electrons. The van der Waals surface area contributed by atoms with Gasteiger partial charge in [0, 0.05) is 68.0 Å². The van der Waals surface area contributed by atoms with E-state index in [1.165, 1.54) is 48.4 Å². The number of benzene rings is 7. The molecule has 0 unspecified atom stereocenters. The summed E-state index contributed by atoms with van der Waals surface area (Å²) in [6.07, 6.45) is 0. The molecule has 0 fully saturated rings. The number of hydrogen-bond donors (Lipinski definition) is 0. The zero-order valence-electron chi connectivity index (χ0n) is 24.8. The summed E-state index contributed by atoms with van der Waals surface area (Å²) in [5.74, 6) is 0. The predicted octanol–water partition coefficient (Wildman–Crippen LogP) is 13.8. The van der Waals surface area contributed by atoms with E-state index < -0.39 is 0 Å². The lowest BCUT2D eigenvalue weighted by Crippen LogP contribution is -1.93. The SMILES string of the molecule is Clc1ccc2c(sc3c(-c4ccc(-n5c6ccccc6c6ccccc65)cc4)cccc32)c1-c1cccc2c1oc1ccc(Br)cc12. The van der Waals surface area contributed by atoms with Crippen LogP contribution in [0.5, 0.6) is 0 Å². The van der Waals surface area contributed by atoms with Crippen molar-refractivity contribution in [3.63, 3.8) is 0 Å². The third kappa shape index (κ3) is 4.02. The van der Waals surface area contributed by atoms with Gasteiger partial charge in [-0.1, -0.05) is 119 Å². The normalized spacial score (nSPS) is 12.0. The average molecular weight is 705 g/mol. The highest BCUT2D eigenvalue weighted by Crippen LogP contribution is 2.48. The first-order valence-electron chi connectivity index (χ1n) is 15.5. The van der Waals surface area contributed by atoms with Gasteiger partial charge in [-0.15, -0.1) is 11.3 Å². The fraction of sp³-hybridized carbons (Fsp3) is 0. The largest absolute Gasteiger partial charge is 0.455 e. The Labute approximate surface area is 287 Å². The maximum atomic E-state index is 7.05. The van der Waals surface area contributed by atoms with E-state index in [1.54, 1.807) is 11.3 Å². The number of hydrogen-bond acceptors (Lipinski definition) is 2. The van der Waals surface area contributed by atoms with Gasteiger partial charge in [0.2, 0.25) is 0 Å². The number of para-hydroxylation sites is 3. The highest BCUT2D eigenvalue weighted by molar-refractivity contribution is 9.10. The number of thiophene rings is 1. The summed E-state index contributed by atoms with van der Waals surface area (Å²) >= 11 is 12.5. The van der Waals surface area contributed by atoms with Gasteiger partial charge in [-0.25, -0.2) is 0 Å². The van der Waals surface area contributed by atoms with Crippen LogP contribution in [0, 0.1) is 0 Å². The van der Waals surface area contributed by atoms with E-state index in [0.717, 1.165) is 52.9 Å². The van der Waals surface area contributed by atoms with Gasteiger partial charge >= 0.3 is 0 Å². The second-order valence-corrected chi connectivity index (χ2v) is 14.3. The Balaban J connectivity index is 1.15. The molecule has 7 aromatic carbocycles. The first-order valence-corrected chi connectivity index (χ1v) is 17.5. The third-order valence-corrected chi connectivity index (χ3v) is 11.4. The fourth-order valence-electron chi connectivity index (χ4n) is 7.27. The van der Waals surface area contributed by atoms with Gasteiger partial charge in [-0.05, 0) is 59.7 Å². The lowest BCUT2D eigenvalue weighted by atomic mass is 9.99. The molecule has 0 amide bonds. The second-order valence-electron chi connectivity index (χ2n) is 11.9. The molecule has 222 valence electrons. The molecule has 3 aromatic heterocycles. The Morgan fingerprint density at radius 1 is 0.553 bits per heavy atom. The Morgan fingerprint density at radius 3 is 1.98 bits per heavy atom. The van der Waals surface area contributed by atoms with E-state index in [0.29, 0.717) is 0 Å². The summed E-state index contributed by atoms with van der Waals surface area (Å²) < 4.78 is 12.3. The summed E-state index contributed by atoms with van der Waals surface area (Å²) in [5, 5.41) is 7.84. The molecule has 0 bridgehead atoms. The number of aromatic nitrogens is 1. The van der Waals surface area contributed by atoms with Crippen molar-refractivity contribution in [1.82, 2.24) is 4.57 Å². The first kappa shape index (κ1) is 27.3. The molecule has 5 heteroatoms. The van der Waals surface area contributed by atoms with Crippen LogP contribution in [0.1, 0.15) is 0 Å². The first-order chi connectivity index (χ1) is 23.1. The molecule has 47 heavy (non-hydrogen) atoms. The lowest BCUT2D eigenvalue weighted by Gasteiger charge is -2.10. The van der Waals surface area contributed by atoms with E-state index in [1.807, 2.05) is 18.2 Å². The molecule has 0 aliphatic carbocycles. The maximum absolute atomic E-state index is 7.05. The zero-order valence-corrected chi connectivity index (χ0v) is 28.0. The molecule has 0 saturated carbocycles. The quantitative estimate of drug-likeness (QED) is 0.179. The Hall–Kier alpha value is -4.87. The van der Waals surface area contributed by atoms with Gasteiger partial charge in [-0.3, -0.25) is 0 Å². The van der Waals surface area contributed by atoms with E-state index >= 15 is 0 Å². The molecular weight excluding hydrogens is 682 g/mol. The van der Waals surface area contributed by atoms with E-state index in [2.05, 4.69) is 142 Å². The molecule has 10 aromatic rings. The minimum Gasteiger partial charge on any atom is -0.455 e. The van der Waals surface area contributed by atoms with Crippen molar-refractivity contribution in [2.75, 3.05) is 0 Å². The molecule has 0 atom stereocenters. The molecule has 0 aliphatic rings. The van der Waals surface area contributed by atoms with Gasteiger partial charge in [0.15, 0.2) is 0 Å². The number of nitrogens with zero attached hydrogens (tertiary/aromatic N) is 1. The topological polar surface area (TPSA) is 18.1 Å². The Kier molecular flexibility index (Phi) is 5.98. The van der Waals surface area contributed by atoms with Crippen molar-refractivity contribution < 1.29 is 4.42 Å². The van der Waals surface area contributed by atoms with Crippen molar-refractivity contribution in [3.8, 4) is 27.9 Å². The molecule has 0 aliphatic heterocycles. The fourth-order valence-corrected chi connectivity index (χ4v) is 9.35. The van der Waals surface area contributed by atoms with Crippen LogP contribution in [0.2, 0.25) is 5.02 Å².